The van der Waals surface area contributed by atoms with Crippen LogP contribution in [0, 0.1) is 18.3 Å². The number of halogens is 3. The van der Waals surface area contributed by atoms with Crippen molar-refractivity contribution < 1.29 is 17.9 Å². The summed E-state index contributed by atoms with van der Waals surface area (Å²) < 4.78 is 45.4. The maximum atomic E-state index is 13.2. The van der Waals surface area contributed by atoms with Gasteiger partial charge in [-0.2, -0.15) is 18.4 Å². The third-order valence-corrected chi connectivity index (χ3v) is 4.40. The zero-order valence-electron chi connectivity index (χ0n) is 13.7. The van der Waals surface area contributed by atoms with Crippen LogP contribution in [0.5, 0.6) is 0 Å². The molecule has 0 amide bonds. The van der Waals surface area contributed by atoms with Gasteiger partial charge in [0.1, 0.15) is 6.10 Å². The fourth-order valence-corrected chi connectivity index (χ4v) is 3.08. The van der Waals surface area contributed by atoms with Gasteiger partial charge in [0.15, 0.2) is 0 Å². The number of benzene rings is 2. The van der Waals surface area contributed by atoms with Gasteiger partial charge in [-0.25, -0.2) is 0 Å². The molecule has 3 nitrogen and oxygen atoms in total. The first-order valence-electron chi connectivity index (χ1n) is 7.93. The second kappa shape index (κ2) is 6.77. The molecule has 1 aliphatic heterocycles. The fourth-order valence-electron chi connectivity index (χ4n) is 3.08. The number of aryl methyl sites for hydroxylation is 1. The second-order valence-corrected chi connectivity index (χ2v) is 6.00. The SMILES string of the molecule is Cc1ccccc1C1CN(c2ccc(C#N)c(C(F)(F)F)c2)CCO1. The monoisotopic (exact) mass is 346 g/mol. The Kier molecular flexibility index (Phi) is 4.69. The third kappa shape index (κ3) is 3.62. The Labute approximate surface area is 144 Å². The van der Waals surface area contributed by atoms with E-state index in [9.17, 15) is 13.2 Å². The standard InChI is InChI=1S/C19H17F3N2O/c1-13-4-2-3-5-16(13)18-12-24(8-9-25-18)15-7-6-14(11-23)17(10-15)19(20,21)22/h2-7,10,18H,8-9,12H2,1H3. The van der Waals surface area contributed by atoms with Gasteiger partial charge in [-0.05, 0) is 36.2 Å². The zero-order chi connectivity index (χ0) is 18.0. The molecule has 1 atom stereocenters. The van der Waals surface area contributed by atoms with Crippen molar-refractivity contribution in [3.63, 3.8) is 0 Å². The molecule has 2 aromatic carbocycles. The molecule has 1 unspecified atom stereocenters. The maximum absolute atomic E-state index is 13.2. The van der Waals surface area contributed by atoms with E-state index >= 15 is 0 Å². The predicted molar refractivity (Wildman–Crippen MR) is 88.2 cm³/mol. The Morgan fingerprint density at radius 1 is 1.20 bits per heavy atom. The van der Waals surface area contributed by atoms with Crippen molar-refractivity contribution in [3.05, 3.63) is 64.7 Å². The van der Waals surface area contributed by atoms with Gasteiger partial charge in [-0.1, -0.05) is 24.3 Å². The summed E-state index contributed by atoms with van der Waals surface area (Å²) in [7, 11) is 0. The van der Waals surface area contributed by atoms with Gasteiger partial charge < -0.3 is 9.64 Å². The van der Waals surface area contributed by atoms with E-state index in [0.29, 0.717) is 25.4 Å². The van der Waals surface area contributed by atoms with Gasteiger partial charge in [-0.15, -0.1) is 0 Å². The molecule has 0 saturated carbocycles. The number of morpholine rings is 1. The van der Waals surface area contributed by atoms with E-state index in [-0.39, 0.29) is 11.7 Å². The van der Waals surface area contributed by atoms with Crippen LogP contribution in [0.4, 0.5) is 18.9 Å². The van der Waals surface area contributed by atoms with Crippen molar-refractivity contribution in [2.75, 3.05) is 24.6 Å². The highest BCUT2D eigenvalue weighted by Crippen LogP contribution is 2.35. The highest BCUT2D eigenvalue weighted by molar-refractivity contribution is 5.55. The summed E-state index contributed by atoms with van der Waals surface area (Å²) in [4.78, 5) is 1.87. The summed E-state index contributed by atoms with van der Waals surface area (Å²) in [5, 5.41) is 8.92. The van der Waals surface area contributed by atoms with E-state index in [1.54, 1.807) is 12.1 Å². The predicted octanol–water partition coefficient (Wildman–Crippen LogP) is 4.46. The van der Waals surface area contributed by atoms with E-state index < -0.39 is 11.7 Å². The summed E-state index contributed by atoms with van der Waals surface area (Å²) in [6.07, 6.45) is -4.75. The Morgan fingerprint density at radius 3 is 2.64 bits per heavy atom. The molecule has 0 bridgehead atoms. The van der Waals surface area contributed by atoms with Crippen LogP contribution in [-0.4, -0.2) is 19.7 Å². The van der Waals surface area contributed by atoms with Crippen LogP contribution in [0.3, 0.4) is 0 Å². The van der Waals surface area contributed by atoms with Crippen molar-refractivity contribution in [2.45, 2.75) is 19.2 Å². The van der Waals surface area contributed by atoms with E-state index in [2.05, 4.69) is 0 Å². The average molecular weight is 346 g/mol. The lowest BCUT2D eigenvalue weighted by Gasteiger charge is -2.35. The molecule has 0 spiro atoms. The van der Waals surface area contributed by atoms with Gasteiger partial charge in [-0.3, -0.25) is 0 Å². The van der Waals surface area contributed by atoms with Crippen molar-refractivity contribution in [3.8, 4) is 6.07 Å². The van der Waals surface area contributed by atoms with Crippen LogP contribution < -0.4 is 4.90 Å². The molecule has 25 heavy (non-hydrogen) atoms. The van der Waals surface area contributed by atoms with Gasteiger partial charge >= 0.3 is 6.18 Å². The molecule has 1 aliphatic rings. The smallest absolute Gasteiger partial charge is 0.370 e. The van der Waals surface area contributed by atoms with E-state index in [4.69, 9.17) is 10.00 Å². The Bertz CT molecular complexity index is 811. The lowest BCUT2D eigenvalue weighted by Crippen LogP contribution is -2.38. The van der Waals surface area contributed by atoms with Crippen LogP contribution >= 0.6 is 0 Å². The first kappa shape index (κ1) is 17.3. The highest BCUT2D eigenvalue weighted by Gasteiger charge is 2.34. The minimum atomic E-state index is -4.55. The van der Waals surface area contributed by atoms with E-state index in [1.165, 1.54) is 6.07 Å². The van der Waals surface area contributed by atoms with Crippen LogP contribution in [0.15, 0.2) is 42.5 Å². The molecule has 3 rings (SSSR count). The number of anilines is 1. The lowest BCUT2D eigenvalue weighted by molar-refractivity contribution is -0.137. The minimum absolute atomic E-state index is 0.195. The summed E-state index contributed by atoms with van der Waals surface area (Å²) in [5.74, 6) is 0. The molecular formula is C19H17F3N2O. The Morgan fingerprint density at radius 2 is 1.96 bits per heavy atom. The van der Waals surface area contributed by atoms with E-state index in [1.807, 2.05) is 36.1 Å². The van der Waals surface area contributed by atoms with Gasteiger partial charge in [0.25, 0.3) is 0 Å². The largest absolute Gasteiger partial charge is 0.417 e. The first-order valence-corrected chi connectivity index (χ1v) is 7.93. The summed E-state index contributed by atoms with van der Waals surface area (Å²) in [6, 6.07) is 13.3. The number of alkyl halides is 3. The number of rotatable bonds is 2. The van der Waals surface area contributed by atoms with Gasteiger partial charge in [0, 0.05) is 18.8 Å². The molecule has 0 N–H and O–H groups in total. The zero-order valence-corrected chi connectivity index (χ0v) is 13.7. The Balaban J connectivity index is 1.90. The summed E-state index contributed by atoms with van der Waals surface area (Å²) >= 11 is 0. The molecule has 1 saturated heterocycles. The quantitative estimate of drug-likeness (QED) is 0.805. The van der Waals surface area contributed by atoms with E-state index in [0.717, 1.165) is 17.2 Å². The fraction of sp³-hybridized carbons (Fsp3) is 0.316. The van der Waals surface area contributed by atoms with Gasteiger partial charge in [0.2, 0.25) is 0 Å². The molecule has 0 aliphatic carbocycles. The first-order chi connectivity index (χ1) is 11.9. The molecule has 130 valence electrons. The molecule has 1 fully saturated rings. The topological polar surface area (TPSA) is 36.3 Å². The molecule has 0 radical (unpaired) electrons. The third-order valence-electron chi connectivity index (χ3n) is 4.40. The van der Waals surface area contributed by atoms with Crippen LogP contribution in [0.1, 0.15) is 28.4 Å². The number of ether oxygens (including phenoxy) is 1. The molecular weight excluding hydrogens is 329 g/mol. The van der Waals surface area contributed by atoms with Crippen molar-refractivity contribution in [2.24, 2.45) is 0 Å². The second-order valence-electron chi connectivity index (χ2n) is 6.00. The van der Waals surface area contributed by atoms with Crippen molar-refractivity contribution >= 4 is 5.69 Å². The maximum Gasteiger partial charge on any atom is 0.417 e. The molecule has 6 heteroatoms. The van der Waals surface area contributed by atoms with Crippen LogP contribution in [0.25, 0.3) is 0 Å². The van der Waals surface area contributed by atoms with Crippen LogP contribution in [0.2, 0.25) is 0 Å². The number of nitriles is 1. The minimum Gasteiger partial charge on any atom is -0.370 e. The van der Waals surface area contributed by atoms with Crippen molar-refractivity contribution in [1.82, 2.24) is 0 Å². The number of hydrogen-bond donors (Lipinski definition) is 0. The average Bonchev–Trinajstić information content (AvgIpc) is 2.61. The number of hydrogen-bond acceptors (Lipinski definition) is 3. The van der Waals surface area contributed by atoms with Gasteiger partial charge in [0.05, 0.1) is 23.8 Å². The Hall–Kier alpha value is -2.52. The molecule has 0 aromatic heterocycles. The van der Waals surface area contributed by atoms with Crippen molar-refractivity contribution in [1.29, 1.82) is 5.26 Å². The lowest BCUT2D eigenvalue weighted by atomic mass is 10.0. The highest BCUT2D eigenvalue weighted by atomic mass is 19.4. The van der Waals surface area contributed by atoms with Crippen LogP contribution in [-0.2, 0) is 10.9 Å². The number of nitrogens with zero attached hydrogens (tertiary/aromatic N) is 2. The normalized spacial score (nSPS) is 18.0. The summed E-state index contributed by atoms with van der Waals surface area (Å²) in [5.41, 5.74) is 1.32. The molecule has 1 heterocycles. The molecule has 2 aromatic rings. The summed E-state index contributed by atoms with van der Waals surface area (Å²) in [6.45, 7) is 3.39.